The maximum Gasteiger partial charge on any atom is 0.234 e. The molecule has 0 rings (SSSR count). The first-order chi connectivity index (χ1) is 7.74. The Labute approximate surface area is 99.6 Å². The molecule has 0 spiro atoms. The van der Waals surface area contributed by atoms with Crippen LogP contribution in [0.25, 0.3) is 0 Å². The van der Waals surface area contributed by atoms with E-state index in [-0.39, 0.29) is 5.91 Å². The first-order valence-corrected chi connectivity index (χ1v) is 6.43. The molecule has 0 aliphatic rings. The Kier molecular flexibility index (Phi) is 10.5. The molecule has 0 heterocycles. The first kappa shape index (κ1) is 15.4. The number of carbonyl (C=O) groups excluding carboxylic acids is 1. The molecule has 0 radical (unpaired) electrons. The predicted octanol–water partition coefficient (Wildman–Crippen LogP) is 0.964. The molecule has 0 aliphatic carbocycles. The van der Waals surface area contributed by atoms with Crippen molar-refractivity contribution in [2.75, 3.05) is 32.7 Å². The Morgan fingerprint density at radius 3 is 2.50 bits per heavy atom. The van der Waals surface area contributed by atoms with Crippen LogP contribution in [-0.4, -0.2) is 43.5 Å². The fourth-order valence-corrected chi connectivity index (χ4v) is 1.56. The Morgan fingerprint density at radius 1 is 1.19 bits per heavy atom. The van der Waals surface area contributed by atoms with E-state index in [4.69, 9.17) is 5.73 Å². The van der Waals surface area contributed by atoms with Crippen LogP contribution < -0.4 is 11.1 Å². The molecule has 16 heavy (non-hydrogen) atoms. The summed E-state index contributed by atoms with van der Waals surface area (Å²) >= 11 is 0. The summed E-state index contributed by atoms with van der Waals surface area (Å²) in [7, 11) is 0. The van der Waals surface area contributed by atoms with Gasteiger partial charge in [0.2, 0.25) is 5.91 Å². The number of rotatable bonds is 10. The van der Waals surface area contributed by atoms with Crippen LogP contribution in [0, 0.1) is 0 Å². The van der Waals surface area contributed by atoms with Crippen LogP contribution in [0.1, 0.15) is 39.5 Å². The van der Waals surface area contributed by atoms with Crippen molar-refractivity contribution >= 4 is 5.91 Å². The maximum atomic E-state index is 11.6. The lowest BCUT2D eigenvalue weighted by molar-refractivity contribution is -0.122. The van der Waals surface area contributed by atoms with Gasteiger partial charge >= 0.3 is 0 Å². The van der Waals surface area contributed by atoms with Crippen molar-refractivity contribution in [3.8, 4) is 0 Å². The van der Waals surface area contributed by atoms with Crippen molar-refractivity contribution in [2.45, 2.75) is 39.5 Å². The van der Waals surface area contributed by atoms with Gasteiger partial charge < -0.3 is 11.1 Å². The van der Waals surface area contributed by atoms with E-state index in [2.05, 4.69) is 24.1 Å². The van der Waals surface area contributed by atoms with Crippen LogP contribution in [-0.2, 0) is 4.79 Å². The Balaban J connectivity index is 3.73. The summed E-state index contributed by atoms with van der Waals surface area (Å²) in [5, 5.41) is 2.94. The third-order valence-electron chi connectivity index (χ3n) is 2.44. The lowest BCUT2D eigenvalue weighted by Gasteiger charge is -2.20. The average molecular weight is 229 g/mol. The third kappa shape index (κ3) is 8.68. The van der Waals surface area contributed by atoms with E-state index in [1.807, 2.05) is 0 Å². The van der Waals surface area contributed by atoms with Gasteiger partial charge in [-0.15, -0.1) is 0 Å². The number of hydrogen-bond acceptors (Lipinski definition) is 3. The second-order valence-electron chi connectivity index (χ2n) is 4.12. The van der Waals surface area contributed by atoms with Crippen LogP contribution in [0.3, 0.4) is 0 Å². The summed E-state index contributed by atoms with van der Waals surface area (Å²) in [5.74, 6) is 0.138. The van der Waals surface area contributed by atoms with Crippen LogP contribution in [0.15, 0.2) is 0 Å². The molecule has 96 valence electrons. The summed E-state index contributed by atoms with van der Waals surface area (Å²) in [4.78, 5) is 13.8. The minimum Gasteiger partial charge on any atom is -0.355 e. The number of nitrogens with one attached hydrogen (secondary N) is 1. The van der Waals surface area contributed by atoms with Crippen molar-refractivity contribution in [3.05, 3.63) is 0 Å². The van der Waals surface area contributed by atoms with Gasteiger partial charge in [0.15, 0.2) is 0 Å². The molecule has 0 aromatic heterocycles. The highest BCUT2D eigenvalue weighted by atomic mass is 16.2. The molecule has 0 saturated carbocycles. The SMILES string of the molecule is CCCCNC(=O)CN(CCC)CCCN. The van der Waals surface area contributed by atoms with Crippen LogP contribution >= 0.6 is 0 Å². The van der Waals surface area contributed by atoms with Gasteiger partial charge in [-0.25, -0.2) is 0 Å². The normalized spacial score (nSPS) is 10.8. The first-order valence-electron chi connectivity index (χ1n) is 6.43. The monoisotopic (exact) mass is 229 g/mol. The highest BCUT2D eigenvalue weighted by Crippen LogP contribution is 1.93. The summed E-state index contributed by atoms with van der Waals surface area (Å²) < 4.78 is 0. The van der Waals surface area contributed by atoms with Crippen molar-refractivity contribution in [3.63, 3.8) is 0 Å². The van der Waals surface area contributed by atoms with Gasteiger partial charge in [-0.3, -0.25) is 9.69 Å². The molecule has 4 heteroatoms. The van der Waals surface area contributed by atoms with Gasteiger partial charge in [0.05, 0.1) is 6.54 Å². The molecule has 0 fully saturated rings. The quantitative estimate of drug-likeness (QED) is 0.549. The maximum absolute atomic E-state index is 11.6. The summed E-state index contributed by atoms with van der Waals surface area (Å²) in [6.07, 6.45) is 4.21. The molecule has 1 amide bonds. The molecule has 4 nitrogen and oxygen atoms in total. The van der Waals surface area contributed by atoms with Crippen LogP contribution in [0.2, 0.25) is 0 Å². The zero-order chi connectivity index (χ0) is 12.2. The summed E-state index contributed by atoms with van der Waals surface area (Å²) in [6, 6.07) is 0. The number of hydrogen-bond donors (Lipinski definition) is 2. The van der Waals surface area contributed by atoms with E-state index in [1.165, 1.54) is 0 Å². The zero-order valence-electron chi connectivity index (χ0n) is 10.8. The van der Waals surface area contributed by atoms with Gasteiger partial charge in [0.1, 0.15) is 0 Å². The van der Waals surface area contributed by atoms with Gasteiger partial charge in [-0.1, -0.05) is 20.3 Å². The molecule has 0 aromatic rings. The summed E-state index contributed by atoms with van der Waals surface area (Å²) in [6.45, 7) is 8.15. The zero-order valence-corrected chi connectivity index (χ0v) is 10.8. The minimum absolute atomic E-state index is 0.138. The van der Waals surface area contributed by atoms with E-state index in [0.717, 1.165) is 45.3 Å². The van der Waals surface area contributed by atoms with E-state index in [9.17, 15) is 4.79 Å². The summed E-state index contributed by atoms with van der Waals surface area (Å²) in [5.41, 5.74) is 5.47. The standard InChI is InChI=1S/C12H27N3O/c1-3-5-8-14-12(16)11-15(9-4-2)10-6-7-13/h3-11,13H2,1-2H3,(H,14,16). The van der Waals surface area contributed by atoms with Gasteiger partial charge in [0.25, 0.3) is 0 Å². The van der Waals surface area contributed by atoms with Gasteiger partial charge in [-0.2, -0.15) is 0 Å². The highest BCUT2D eigenvalue weighted by Gasteiger charge is 2.08. The molecule has 3 N–H and O–H groups in total. The molecular weight excluding hydrogens is 202 g/mol. The van der Waals surface area contributed by atoms with Crippen molar-refractivity contribution < 1.29 is 4.79 Å². The predicted molar refractivity (Wildman–Crippen MR) is 68.3 cm³/mol. The van der Waals surface area contributed by atoms with Gasteiger partial charge in [-0.05, 0) is 38.9 Å². The van der Waals surface area contributed by atoms with Crippen LogP contribution in [0.4, 0.5) is 0 Å². The largest absolute Gasteiger partial charge is 0.355 e. The second kappa shape index (κ2) is 10.9. The fourth-order valence-electron chi connectivity index (χ4n) is 1.56. The lowest BCUT2D eigenvalue weighted by atomic mass is 10.3. The minimum atomic E-state index is 0.138. The molecular formula is C12H27N3O. The number of nitrogens with zero attached hydrogens (tertiary/aromatic N) is 1. The number of unbranched alkanes of at least 4 members (excludes halogenated alkanes) is 1. The average Bonchev–Trinajstić information content (AvgIpc) is 2.26. The fraction of sp³-hybridized carbons (Fsp3) is 0.917. The lowest BCUT2D eigenvalue weighted by Crippen LogP contribution is -2.38. The van der Waals surface area contributed by atoms with E-state index in [1.54, 1.807) is 0 Å². The topological polar surface area (TPSA) is 58.4 Å². The molecule has 0 saturated heterocycles. The van der Waals surface area contributed by atoms with Crippen molar-refractivity contribution in [1.82, 2.24) is 10.2 Å². The second-order valence-corrected chi connectivity index (χ2v) is 4.12. The number of amides is 1. The van der Waals surface area contributed by atoms with Crippen molar-refractivity contribution in [1.29, 1.82) is 0 Å². The number of nitrogens with two attached hydrogens (primary N) is 1. The Morgan fingerprint density at radius 2 is 1.94 bits per heavy atom. The number of carbonyl (C=O) groups is 1. The molecule has 0 atom stereocenters. The van der Waals surface area contributed by atoms with E-state index < -0.39 is 0 Å². The molecule has 0 aromatic carbocycles. The highest BCUT2D eigenvalue weighted by molar-refractivity contribution is 5.77. The smallest absolute Gasteiger partial charge is 0.234 e. The van der Waals surface area contributed by atoms with Crippen LogP contribution in [0.5, 0.6) is 0 Å². The Hall–Kier alpha value is -0.610. The van der Waals surface area contributed by atoms with E-state index in [0.29, 0.717) is 13.1 Å². The Bertz CT molecular complexity index is 174. The molecule has 0 aliphatic heterocycles. The molecule has 0 bridgehead atoms. The van der Waals surface area contributed by atoms with Gasteiger partial charge in [0, 0.05) is 6.54 Å². The molecule has 0 unspecified atom stereocenters. The third-order valence-corrected chi connectivity index (χ3v) is 2.44. The van der Waals surface area contributed by atoms with E-state index >= 15 is 0 Å². The van der Waals surface area contributed by atoms with Crippen molar-refractivity contribution in [2.24, 2.45) is 5.73 Å².